The monoisotopic (exact) mass is 316 g/mol. The van der Waals surface area contributed by atoms with E-state index in [1.54, 1.807) is 6.92 Å². The van der Waals surface area contributed by atoms with Gasteiger partial charge in [-0.25, -0.2) is 4.68 Å². The Morgan fingerprint density at radius 1 is 1.56 bits per heavy atom. The van der Waals surface area contributed by atoms with Crippen molar-refractivity contribution in [3.63, 3.8) is 0 Å². The Hall–Kier alpha value is -1.37. The van der Waals surface area contributed by atoms with Gasteiger partial charge in [-0.1, -0.05) is 0 Å². The molecule has 0 aromatic carbocycles. The molecule has 1 aromatic heterocycles. The number of aryl methyl sites for hydroxylation is 1. The summed E-state index contributed by atoms with van der Waals surface area (Å²) in [6, 6.07) is -0.431. The molecule has 18 heavy (non-hydrogen) atoms. The number of nitrogens with zero attached hydrogens (tertiary/aromatic N) is 2. The van der Waals surface area contributed by atoms with Crippen LogP contribution in [-0.4, -0.2) is 28.3 Å². The van der Waals surface area contributed by atoms with Crippen molar-refractivity contribution in [1.29, 1.82) is 0 Å². The normalized spacial score (nSPS) is 12.0. The quantitative estimate of drug-likeness (QED) is 0.848. The molecular weight excluding hydrogens is 300 g/mol. The third kappa shape index (κ3) is 3.32. The smallest absolute Gasteiger partial charge is 0.283 e. The highest BCUT2D eigenvalue weighted by Gasteiger charge is 2.15. The molecule has 100 valence electrons. The topological polar surface area (TPSA) is 76.0 Å². The van der Waals surface area contributed by atoms with E-state index in [0.717, 1.165) is 0 Å². The fraction of sp³-hybridized carbons (Fsp3) is 0.545. The summed E-state index contributed by atoms with van der Waals surface area (Å²) in [4.78, 5) is 23.4. The maximum atomic E-state index is 11.8. The van der Waals surface area contributed by atoms with Crippen LogP contribution in [0.2, 0.25) is 0 Å². The molecule has 6 nitrogen and oxygen atoms in total. The fourth-order valence-electron chi connectivity index (χ4n) is 1.42. The summed E-state index contributed by atoms with van der Waals surface area (Å²) in [5.41, 5.74) is 0.300. The van der Waals surface area contributed by atoms with E-state index < -0.39 is 6.04 Å². The molecule has 7 heteroatoms. The molecule has 1 unspecified atom stereocenters. The second-order valence-corrected chi connectivity index (χ2v) is 4.55. The predicted octanol–water partition coefficient (Wildman–Crippen LogP) is 0.962. The van der Waals surface area contributed by atoms with Gasteiger partial charge in [0.05, 0.1) is 11.9 Å². The minimum Gasteiger partial charge on any atom is -0.372 e. The molecule has 0 aliphatic heterocycles. The predicted molar refractivity (Wildman–Crippen MR) is 73.6 cm³/mol. The third-order valence-electron chi connectivity index (χ3n) is 2.40. The van der Waals surface area contributed by atoms with E-state index in [9.17, 15) is 9.59 Å². The first kappa shape index (κ1) is 14.7. The molecule has 0 aliphatic rings. The highest BCUT2D eigenvalue weighted by atomic mass is 79.9. The lowest BCUT2D eigenvalue weighted by Gasteiger charge is -2.15. The minimum absolute atomic E-state index is 0.121. The van der Waals surface area contributed by atoms with Crippen LogP contribution in [0.1, 0.15) is 20.8 Å². The number of carbonyl (C=O) groups excluding carboxylic acids is 1. The lowest BCUT2D eigenvalue weighted by Crippen LogP contribution is -2.38. The summed E-state index contributed by atoms with van der Waals surface area (Å²) >= 11 is 3.22. The van der Waals surface area contributed by atoms with Gasteiger partial charge >= 0.3 is 0 Å². The van der Waals surface area contributed by atoms with Gasteiger partial charge in [0.2, 0.25) is 5.91 Å². The van der Waals surface area contributed by atoms with Crippen molar-refractivity contribution < 1.29 is 4.79 Å². The first-order valence-electron chi connectivity index (χ1n) is 5.81. The molecule has 0 saturated heterocycles. The standard InChI is InChI=1S/C11H17BrN4O2/c1-4-13-10(17)7(3)15-8-6-14-16(5-2)11(18)9(8)12/h6-7,15H,4-5H2,1-3H3,(H,13,17). The summed E-state index contributed by atoms with van der Waals surface area (Å²) in [5, 5.41) is 9.65. The first-order valence-corrected chi connectivity index (χ1v) is 6.60. The van der Waals surface area contributed by atoms with Crippen LogP contribution in [0, 0.1) is 0 Å². The van der Waals surface area contributed by atoms with Gasteiger partial charge in [0.1, 0.15) is 10.5 Å². The third-order valence-corrected chi connectivity index (χ3v) is 3.17. The maximum absolute atomic E-state index is 11.8. The Labute approximate surface area is 114 Å². The second kappa shape index (κ2) is 6.53. The number of anilines is 1. The van der Waals surface area contributed by atoms with Crippen molar-refractivity contribution in [2.24, 2.45) is 0 Å². The van der Waals surface area contributed by atoms with E-state index in [2.05, 4.69) is 31.7 Å². The molecule has 0 radical (unpaired) electrons. The number of carbonyl (C=O) groups is 1. The van der Waals surface area contributed by atoms with Crippen LogP contribution >= 0.6 is 15.9 Å². The van der Waals surface area contributed by atoms with Crippen LogP contribution in [0.25, 0.3) is 0 Å². The van der Waals surface area contributed by atoms with Gasteiger partial charge in [-0.2, -0.15) is 5.10 Å². The minimum atomic E-state index is -0.431. The van der Waals surface area contributed by atoms with Crippen LogP contribution < -0.4 is 16.2 Å². The SMILES string of the molecule is CCNC(=O)C(C)Nc1cnn(CC)c(=O)c1Br. The molecule has 0 fully saturated rings. The lowest BCUT2D eigenvalue weighted by atomic mass is 10.3. The second-order valence-electron chi connectivity index (χ2n) is 3.75. The highest BCUT2D eigenvalue weighted by Crippen LogP contribution is 2.17. The number of hydrogen-bond donors (Lipinski definition) is 2. The average Bonchev–Trinajstić information content (AvgIpc) is 2.35. The number of aromatic nitrogens is 2. The number of rotatable bonds is 5. The molecule has 1 aromatic rings. The van der Waals surface area contributed by atoms with Gasteiger partial charge in [-0.05, 0) is 36.7 Å². The molecule has 2 N–H and O–H groups in total. The number of halogens is 1. The van der Waals surface area contributed by atoms with Crippen molar-refractivity contribution in [2.75, 3.05) is 11.9 Å². The zero-order valence-corrected chi connectivity index (χ0v) is 12.2. The van der Waals surface area contributed by atoms with Crippen molar-refractivity contribution in [2.45, 2.75) is 33.4 Å². The number of likely N-dealkylation sites (N-methyl/N-ethyl adjacent to an activating group) is 1. The van der Waals surface area contributed by atoms with Crippen LogP contribution in [-0.2, 0) is 11.3 Å². The van der Waals surface area contributed by atoms with Gasteiger partial charge in [0.15, 0.2) is 0 Å². The summed E-state index contributed by atoms with van der Waals surface area (Å²) < 4.78 is 1.72. The van der Waals surface area contributed by atoms with E-state index in [1.807, 2.05) is 13.8 Å². The van der Waals surface area contributed by atoms with Crippen LogP contribution in [0.5, 0.6) is 0 Å². The first-order chi connectivity index (χ1) is 8.51. The van der Waals surface area contributed by atoms with Crippen molar-refractivity contribution in [1.82, 2.24) is 15.1 Å². The fourth-order valence-corrected chi connectivity index (χ4v) is 1.84. The molecule has 1 amide bonds. The molecule has 1 rings (SSSR count). The lowest BCUT2D eigenvalue weighted by molar-refractivity contribution is -0.121. The zero-order valence-electron chi connectivity index (χ0n) is 10.7. The van der Waals surface area contributed by atoms with Crippen LogP contribution in [0.3, 0.4) is 0 Å². The molecule has 1 atom stereocenters. The molecular formula is C11H17BrN4O2. The maximum Gasteiger partial charge on any atom is 0.283 e. The van der Waals surface area contributed by atoms with E-state index >= 15 is 0 Å². The van der Waals surface area contributed by atoms with Crippen LogP contribution in [0.15, 0.2) is 15.5 Å². The molecule has 0 saturated carbocycles. The molecule has 0 bridgehead atoms. The Kier molecular flexibility index (Phi) is 5.33. The van der Waals surface area contributed by atoms with E-state index in [4.69, 9.17) is 0 Å². The van der Waals surface area contributed by atoms with Gasteiger partial charge in [0, 0.05) is 13.1 Å². The van der Waals surface area contributed by atoms with Gasteiger partial charge < -0.3 is 10.6 Å². The zero-order chi connectivity index (χ0) is 13.7. The number of amides is 1. The van der Waals surface area contributed by atoms with Crippen molar-refractivity contribution in [3.05, 3.63) is 21.0 Å². The molecule has 0 spiro atoms. The van der Waals surface area contributed by atoms with Crippen molar-refractivity contribution >= 4 is 27.5 Å². The summed E-state index contributed by atoms with van der Waals surface area (Å²) in [5.74, 6) is -0.121. The Bertz CT molecular complexity index is 486. The molecule has 0 aliphatic carbocycles. The Morgan fingerprint density at radius 2 is 2.22 bits per heavy atom. The summed E-state index contributed by atoms with van der Waals surface area (Å²) in [6.45, 7) is 6.49. The largest absolute Gasteiger partial charge is 0.372 e. The van der Waals surface area contributed by atoms with Gasteiger partial charge in [-0.15, -0.1) is 0 Å². The average molecular weight is 317 g/mol. The van der Waals surface area contributed by atoms with Gasteiger partial charge in [-0.3, -0.25) is 9.59 Å². The van der Waals surface area contributed by atoms with E-state index in [-0.39, 0.29) is 11.5 Å². The van der Waals surface area contributed by atoms with Gasteiger partial charge in [0.25, 0.3) is 5.56 Å². The van der Waals surface area contributed by atoms with E-state index in [0.29, 0.717) is 23.2 Å². The van der Waals surface area contributed by atoms with E-state index in [1.165, 1.54) is 10.9 Å². The van der Waals surface area contributed by atoms with Crippen LogP contribution in [0.4, 0.5) is 5.69 Å². The summed E-state index contributed by atoms with van der Waals surface area (Å²) in [7, 11) is 0. The molecule has 1 heterocycles. The number of hydrogen-bond acceptors (Lipinski definition) is 4. The van der Waals surface area contributed by atoms with Crippen molar-refractivity contribution in [3.8, 4) is 0 Å². The Morgan fingerprint density at radius 3 is 2.78 bits per heavy atom. The highest BCUT2D eigenvalue weighted by molar-refractivity contribution is 9.10. The Balaban J connectivity index is 2.89. The summed E-state index contributed by atoms with van der Waals surface area (Å²) in [6.07, 6.45) is 1.53. The number of nitrogens with one attached hydrogen (secondary N) is 2.